The number of carbonyl (C=O) groups is 3. The lowest BCUT2D eigenvalue weighted by atomic mass is 9.96. The predicted octanol–water partition coefficient (Wildman–Crippen LogP) is 4.05. The van der Waals surface area contributed by atoms with Crippen molar-refractivity contribution in [1.29, 1.82) is 0 Å². The molecule has 0 aromatic heterocycles. The van der Waals surface area contributed by atoms with Gasteiger partial charge in [0.25, 0.3) is 0 Å². The number of methoxy groups -OCH3 is 1. The second-order valence-electron chi connectivity index (χ2n) is 10.0. The SMILES string of the molecule is COC(=O)[C@H](Cc1ccccc1)N1CCN([C@H](C)NC(=O)OCc2ccccc2)C(=O)C(Cc2ccccc2)C1. The summed E-state index contributed by atoms with van der Waals surface area (Å²) < 4.78 is 10.6. The number of hydrogen-bond donors (Lipinski definition) is 1. The topological polar surface area (TPSA) is 88.2 Å². The first-order valence-electron chi connectivity index (χ1n) is 13.6. The number of nitrogens with one attached hydrogen (secondary N) is 1. The van der Waals surface area contributed by atoms with Gasteiger partial charge in [-0.05, 0) is 36.5 Å². The molecule has 0 radical (unpaired) electrons. The smallest absolute Gasteiger partial charge is 0.409 e. The molecule has 1 heterocycles. The van der Waals surface area contributed by atoms with E-state index in [9.17, 15) is 14.4 Å². The molecule has 8 nitrogen and oxygen atoms in total. The first kappa shape index (κ1) is 28.8. The van der Waals surface area contributed by atoms with Crippen LogP contribution >= 0.6 is 0 Å². The summed E-state index contributed by atoms with van der Waals surface area (Å²) in [7, 11) is 1.39. The number of hydrogen-bond acceptors (Lipinski definition) is 6. The van der Waals surface area contributed by atoms with Crippen molar-refractivity contribution in [2.24, 2.45) is 5.92 Å². The summed E-state index contributed by atoms with van der Waals surface area (Å²) in [6.45, 7) is 3.10. The summed E-state index contributed by atoms with van der Waals surface area (Å²) in [6, 6.07) is 28.5. The number of ether oxygens (including phenoxy) is 2. The number of alkyl carbamates (subject to hydrolysis) is 1. The molecule has 1 aliphatic rings. The van der Waals surface area contributed by atoms with Gasteiger partial charge in [-0.15, -0.1) is 0 Å². The average molecular weight is 544 g/mol. The van der Waals surface area contributed by atoms with Gasteiger partial charge in [0.1, 0.15) is 18.8 Å². The van der Waals surface area contributed by atoms with Crippen molar-refractivity contribution in [2.45, 2.75) is 38.6 Å². The van der Waals surface area contributed by atoms with Gasteiger partial charge in [-0.1, -0.05) is 91.0 Å². The van der Waals surface area contributed by atoms with Crippen molar-refractivity contribution in [2.75, 3.05) is 26.7 Å². The molecule has 1 N–H and O–H groups in total. The van der Waals surface area contributed by atoms with Gasteiger partial charge >= 0.3 is 12.1 Å². The molecule has 8 heteroatoms. The summed E-state index contributed by atoms with van der Waals surface area (Å²) in [4.78, 5) is 43.2. The van der Waals surface area contributed by atoms with Crippen LogP contribution in [0.15, 0.2) is 91.0 Å². The zero-order chi connectivity index (χ0) is 28.3. The van der Waals surface area contributed by atoms with E-state index in [0.717, 1.165) is 16.7 Å². The van der Waals surface area contributed by atoms with Crippen LogP contribution in [0.5, 0.6) is 0 Å². The molecule has 1 saturated heterocycles. The Morgan fingerprint density at radius 1 is 0.875 bits per heavy atom. The van der Waals surface area contributed by atoms with Crippen molar-refractivity contribution in [3.63, 3.8) is 0 Å². The number of benzene rings is 3. The summed E-state index contributed by atoms with van der Waals surface area (Å²) >= 11 is 0. The Morgan fingerprint density at radius 3 is 2.05 bits per heavy atom. The van der Waals surface area contributed by atoms with Crippen molar-refractivity contribution in [3.05, 3.63) is 108 Å². The van der Waals surface area contributed by atoms with E-state index >= 15 is 0 Å². The number of esters is 1. The normalized spacial score (nSPS) is 17.4. The summed E-state index contributed by atoms with van der Waals surface area (Å²) in [5.41, 5.74) is 2.92. The molecular formula is C32H37N3O5. The summed E-state index contributed by atoms with van der Waals surface area (Å²) in [6.07, 6.45) is -0.211. The first-order chi connectivity index (χ1) is 19.4. The molecule has 0 bridgehead atoms. The second-order valence-corrected chi connectivity index (χ2v) is 10.0. The molecule has 1 fully saturated rings. The standard InChI is InChI=1S/C32H37N3O5/c1-24(33-32(38)40-23-27-16-10-5-11-17-27)35-19-18-34(22-28(30(35)36)20-25-12-6-3-7-13-25)29(31(37)39-2)21-26-14-8-4-9-15-26/h3-17,24,28-29H,18-23H2,1-2H3,(H,33,38)/t24-,28?,29+/m1/s1. The molecule has 3 aromatic rings. The van der Waals surface area contributed by atoms with Crippen LogP contribution in [0.2, 0.25) is 0 Å². The lowest BCUT2D eigenvalue weighted by Crippen LogP contribution is -2.51. The fourth-order valence-corrected chi connectivity index (χ4v) is 5.10. The van der Waals surface area contributed by atoms with Crippen LogP contribution in [-0.2, 0) is 38.5 Å². The average Bonchev–Trinajstić information content (AvgIpc) is 3.14. The molecular weight excluding hydrogens is 506 g/mol. The molecule has 1 aliphatic heterocycles. The van der Waals surface area contributed by atoms with E-state index in [2.05, 4.69) is 5.32 Å². The van der Waals surface area contributed by atoms with E-state index in [1.807, 2.05) is 95.9 Å². The van der Waals surface area contributed by atoms with E-state index in [1.165, 1.54) is 7.11 Å². The minimum absolute atomic E-state index is 0.0782. The van der Waals surface area contributed by atoms with E-state index in [1.54, 1.807) is 11.8 Å². The van der Waals surface area contributed by atoms with E-state index in [0.29, 0.717) is 32.5 Å². The Kier molecular flexibility index (Phi) is 10.3. The van der Waals surface area contributed by atoms with Crippen LogP contribution in [0.1, 0.15) is 23.6 Å². The van der Waals surface area contributed by atoms with Crippen molar-refractivity contribution in [1.82, 2.24) is 15.1 Å². The Balaban J connectivity index is 1.51. The van der Waals surface area contributed by atoms with E-state index in [-0.39, 0.29) is 18.5 Å². The quantitative estimate of drug-likeness (QED) is 0.389. The molecule has 2 amide bonds. The maximum atomic E-state index is 13.9. The van der Waals surface area contributed by atoms with Gasteiger partial charge in [0, 0.05) is 19.6 Å². The van der Waals surface area contributed by atoms with Gasteiger partial charge in [-0.3, -0.25) is 14.5 Å². The number of carbonyl (C=O) groups excluding carboxylic acids is 3. The molecule has 0 aliphatic carbocycles. The predicted molar refractivity (Wildman–Crippen MR) is 152 cm³/mol. The van der Waals surface area contributed by atoms with Gasteiger partial charge < -0.3 is 19.7 Å². The Morgan fingerprint density at radius 2 is 1.45 bits per heavy atom. The minimum Gasteiger partial charge on any atom is -0.468 e. The van der Waals surface area contributed by atoms with Gasteiger partial charge in [-0.2, -0.15) is 0 Å². The van der Waals surface area contributed by atoms with Crippen LogP contribution in [0.25, 0.3) is 0 Å². The lowest BCUT2D eigenvalue weighted by Gasteiger charge is -2.30. The third kappa shape index (κ3) is 7.93. The number of amides is 2. The van der Waals surface area contributed by atoms with Gasteiger partial charge in [0.15, 0.2) is 0 Å². The number of nitrogens with zero attached hydrogens (tertiary/aromatic N) is 2. The van der Waals surface area contributed by atoms with Crippen LogP contribution < -0.4 is 5.32 Å². The monoisotopic (exact) mass is 543 g/mol. The highest BCUT2D eigenvalue weighted by molar-refractivity contribution is 5.81. The second kappa shape index (κ2) is 14.3. The molecule has 0 spiro atoms. The highest BCUT2D eigenvalue weighted by Crippen LogP contribution is 2.22. The van der Waals surface area contributed by atoms with Crippen LogP contribution in [0.4, 0.5) is 4.79 Å². The van der Waals surface area contributed by atoms with Gasteiger partial charge in [-0.25, -0.2) is 4.79 Å². The summed E-state index contributed by atoms with van der Waals surface area (Å²) in [5, 5.41) is 2.81. The molecule has 210 valence electrons. The Labute approximate surface area is 235 Å². The fraction of sp³-hybridized carbons (Fsp3) is 0.344. The van der Waals surface area contributed by atoms with Crippen LogP contribution in [-0.4, -0.2) is 66.7 Å². The minimum atomic E-state index is -0.598. The third-order valence-electron chi connectivity index (χ3n) is 7.23. The van der Waals surface area contributed by atoms with Crippen molar-refractivity contribution in [3.8, 4) is 0 Å². The maximum Gasteiger partial charge on any atom is 0.409 e. The number of rotatable bonds is 10. The first-order valence-corrected chi connectivity index (χ1v) is 13.6. The van der Waals surface area contributed by atoms with E-state index < -0.39 is 24.2 Å². The van der Waals surface area contributed by atoms with Gasteiger partial charge in [0.05, 0.1) is 13.0 Å². The molecule has 1 unspecified atom stereocenters. The van der Waals surface area contributed by atoms with Gasteiger partial charge in [0.2, 0.25) is 5.91 Å². The molecule has 0 saturated carbocycles. The highest BCUT2D eigenvalue weighted by atomic mass is 16.5. The summed E-state index contributed by atoms with van der Waals surface area (Å²) in [5.74, 6) is -0.832. The van der Waals surface area contributed by atoms with Crippen molar-refractivity contribution < 1.29 is 23.9 Å². The highest BCUT2D eigenvalue weighted by Gasteiger charge is 2.38. The Hall–Kier alpha value is -4.17. The van der Waals surface area contributed by atoms with E-state index in [4.69, 9.17) is 9.47 Å². The van der Waals surface area contributed by atoms with Crippen molar-refractivity contribution >= 4 is 18.0 Å². The lowest BCUT2D eigenvalue weighted by molar-refractivity contribution is -0.147. The third-order valence-corrected chi connectivity index (χ3v) is 7.23. The zero-order valence-corrected chi connectivity index (χ0v) is 23.1. The van der Waals surface area contributed by atoms with Crippen LogP contribution in [0.3, 0.4) is 0 Å². The van der Waals surface area contributed by atoms with Crippen LogP contribution in [0, 0.1) is 5.92 Å². The zero-order valence-electron chi connectivity index (χ0n) is 23.1. The Bertz CT molecular complexity index is 1240. The maximum absolute atomic E-state index is 13.9. The molecule has 3 aromatic carbocycles. The largest absolute Gasteiger partial charge is 0.468 e. The molecule has 3 atom stereocenters. The molecule has 40 heavy (non-hydrogen) atoms. The fourth-order valence-electron chi connectivity index (χ4n) is 5.10. The molecule has 4 rings (SSSR count).